The minimum Gasteiger partial charge on any atom is -0.462 e. The molecule has 0 atom stereocenters. The lowest BCUT2D eigenvalue weighted by Gasteiger charge is -2.28. The fraction of sp³-hybridized carbons (Fsp3) is 0.588. The highest BCUT2D eigenvalue weighted by Crippen LogP contribution is 2.41. The van der Waals surface area contributed by atoms with E-state index >= 15 is 0 Å². The summed E-state index contributed by atoms with van der Waals surface area (Å²) in [6.07, 6.45) is 6.42. The third-order valence-electron chi connectivity index (χ3n) is 4.63. The molecule has 1 aromatic rings. The number of anilines is 2. The average molecular weight is 290 g/mol. The van der Waals surface area contributed by atoms with Crippen LogP contribution in [-0.4, -0.2) is 19.1 Å². The molecule has 4 heteroatoms. The Morgan fingerprint density at radius 1 is 1.33 bits per heavy atom. The first-order valence-corrected chi connectivity index (χ1v) is 7.91. The summed E-state index contributed by atoms with van der Waals surface area (Å²) in [7, 11) is 0. The monoisotopic (exact) mass is 290 g/mol. The highest BCUT2D eigenvalue weighted by atomic mass is 16.5. The minimum absolute atomic E-state index is 0.356. The molecule has 0 saturated heterocycles. The Bertz CT molecular complexity index is 494. The van der Waals surface area contributed by atoms with Crippen molar-refractivity contribution in [1.29, 1.82) is 0 Å². The third-order valence-corrected chi connectivity index (χ3v) is 4.63. The second-order valence-electron chi connectivity index (χ2n) is 5.94. The van der Waals surface area contributed by atoms with E-state index in [0.717, 1.165) is 12.2 Å². The van der Waals surface area contributed by atoms with E-state index in [1.54, 1.807) is 19.1 Å². The Kier molecular flexibility index (Phi) is 5.10. The molecule has 1 aliphatic rings. The van der Waals surface area contributed by atoms with Gasteiger partial charge in [0.05, 0.1) is 12.2 Å². The maximum atomic E-state index is 11.9. The van der Waals surface area contributed by atoms with Crippen LogP contribution in [-0.2, 0) is 4.74 Å². The van der Waals surface area contributed by atoms with Gasteiger partial charge in [-0.05, 0) is 49.8 Å². The zero-order valence-corrected chi connectivity index (χ0v) is 13.1. The Hall–Kier alpha value is -1.71. The lowest BCUT2D eigenvalue weighted by molar-refractivity contribution is 0.0527. The second kappa shape index (κ2) is 6.83. The number of ether oxygens (including phenoxy) is 1. The summed E-state index contributed by atoms with van der Waals surface area (Å²) in [4.78, 5) is 11.9. The zero-order valence-electron chi connectivity index (χ0n) is 13.1. The first kappa shape index (κ1) is 15.7. The molecule has 0 heterocycles. The largest absolute Gasteiger partial charge is 0.462 e. The summed E-state index contributed by atoms with van der Waals surface area (Å²) >= 11 is 0. The molecule has 2 rings (SSSR count). The molecule has 0 unspecified atom stereocenters. The van der Waals surface area contributed by atoms with Crippen LogP contribution >= 0.6 is 0 Å². The summed E-state index contributed by atoms with van der Waals surface area (Å²) in [5.74, 6) is -0.357. The molecule has 0 aromatic heterocycles. The molecule has 21 heavy (non-hydrogen) atoms. The predicted molar refractivity (Wildman–Crippen MR) is 86.5 cm³/mol. The smallest absolute Gasteiger partial charge is 0.340 e. The first-order valence-electron chi connectivity index (χ1n) is 7.91. The number of rotatable bonds is 6. The van der Waals surface area contributed by atoms with Gasteiger partial charge in [-0.25, -0.2) is 4.79 Å². The molecule has 0 amide bonds. The molecule has 4 nitrogen and oxygen atoms in total. The van der Waals surface area contributed by atoms with Gasteiger partial charge in [-0.3, -0.25) is 0 Å². The fourth-order valence-corrected chi connectivity index (χ4v) is 3.12. The standard InChI is InChI=1S/C17H26N2O2/c1-3-17(9-5-6-10-17)12-19-13-7-8-15(18)14(11-13)16(20)21-4-2/h7-8,11,19H,3-6,9-10,12,18H2,1-2H3. The summed E-state index contributed by atoms with van der Waals surface area (Å²) in [5.41, 5.74) is 8.11. The van der Waals surface area contributed by atoms with Crippen LogP contribution in [0.2, 0.25) is 0 Å². The quantitative estimate of drug-likeness (QED) is 0.617. The number of hydrogen-bond acceptors (Lipinski definition) is 4. The lowest BCUT2D eigenvalue weighted by Crippen LogP contribution is -2.26. The van der Waals surface area contributed by atoms with Gasteiger partial charge in [0.2, 0.25) is 0 Å². The maximum absolute atomic E-state index is 11.9. The van der Waals surface area contributed by atoms with Gasteiger partial charge in [0.25, 0.3) is 0 Å². The molecule has 116 valence electrons. The molecule has 1 fully saturated rings. The number of nitrogens with one attached hydrogen (secondary N) is 1. The SMILES string of the molecule is CCOC(=O)c1cc(NCC2(CC)CCCC2)ccc1N. The molecular formula is C17H26N2O2. The first-order chi connectivity index (χ1) is 10.1. The summed E-state index contributed by atoms with van der Waals surface area (Å²) in [6, 6.07) is 5.49. The van der Waals surface area contributed by atoms with Crippen molar-refractivity contribution >= 4 is 17.3 Å². The van der Waals surface area contributed by atoms with Crippen LogP contribution in [0.25, 0.3) is 0 Å². The number of nitrogens with two attached hydrogens (primary N) is 1. The van der Waals surface area contributed by atoms with Crippen molar-refractivity contribution in [2.75, 3.05) is 24.2 Å². The van der Waals surface area contributed by atoms with Gasteiger partial charge < -0.3 is 15.8 Å². The van der Waals surface area contributed by atoms with Gasteiger partial charge in [-0.15, -0.1) is 0 Å². The van der Waals surface area contributed by atoms with E-state index in [2.05, 4.69) is 12.2 Å². The summed E-state index contributed by atoms with van der Waals surface area (Å²) in [5, 5.41) is 3.48. The molecule has 0 aliphatic heterocycles. The normalized spacial score (nSPS) is 16.7. The van der Waals surface area contributed by atoms with Gasteiger partial charge in [0, 0.05) is 17.9 Å². The van der Waals surface area contributed by atoms with E-state index in [9.17, 15) is 4.79 Å². The number of nitrogen functional groups attached to an aromatic ring is 1. The zero-order chi connectivity index (χ0) is 15.3. The topological polar surface area (TPSA) is 64.3 Å². The molecule has 1 aromatic carbocycles. The number of benzene rings is 1. The molecule has 1 aliphatic carbocycles. The van der Waals surface area contributed by atoms with Crippen molar-refractivity contribution in [1.82, 2.24) is 0 Å². The van der Waals surface area contributed by atoms with E-state index in [0.29, 0.717) is 23.3 Å². The van der Waals surface area contributed by atoms with E-state index in [1.807, 2.05) is 6.07 Å². The van der Waals surface area contributed by atoms with Gasteiger partial charge in [0.1, 0.15) is 0 Å². The van der Waals surface area contributed by atoms with Crippen molar-refractivity contribution in [3.63, 3.8) is 0 Å². The van der Waals surface area contributed by atoms with E-state index in [-0.39, 0.29) is 5.97 Å². The van der Waals surface area contributed by atoms with Gasteiger partial charge >= 0.3 is 5.97 Å². The predicted octanol–water partition coefficient (Wildman–Crippen LogP) is 3.83. The van der Waals surface area contributed by atoms with Gasteiger partial charge in [-0.2, -0.15) is 0 Å². The van der Waals surface area contributed by atoms with Crippen LogP contribution in [0.3, 0.4) is 0 Å². The van der Waals surface area contributed by atoms with Crippen LogP contribution in [0.5, 0.6) is 0 Å². The molecule has 0 radical (unpaired) electrons. The molecule has 1 saturated carbocycles. The third kappa shape index (κ3) is 3.69. The van der Waals surface area contributed by atoms with Crippen molar-refractivity contribution in [2.45, 2.75) is 46.0 Å². The fourth-order valence-electron chi connectivity index (χ4n) is 3.12. The molecule has 0 spiro atoms. The van der Waals surface area contributed by atoms with Crippen molar-refractivity contribution in [3.8, 4) is 0 Å². The van der Waals surface area contributed by atoms with Crippen molar-refractivity contribution in [2.24, 2.45) is 5.41 Å². The van der Waals surface area contributed by atoms with E-state index in [4.69, 9.17) is 10.5 Å². The van der Waals surface area contributed by atoms with Crippen LogP contribution in [0.15, 0.2) is 18.2 Å². The number of carbonyl (C=O) groups is 1. The lowest BCUT2D eigenvalue weighted by atomic mass is 9.83. The highest BCUT2D eigenvalue weighted by molar-refractivity contribution is 5.96. The molecule has 3 N–H and O–H groups in total. The number of esters is 1. The highest BCUT2D eigenvalue weighted by Gasteiger charge is 2.31. The Morgan fingerprint density at radius 3 is 2.67 bits per heavy atom. The van der Waals surface area contributed by atoms with Gasteiger partial charge in [0.15, 0.2) is 0 Å². The van der Waals surface area contributed by atoms with Crippen LogP contribution in [0, 0.1) is 5.41 Å². The molecule has 0 bridgehead atoms. The summed E-state index contributed by atoms with van der Waals surface area (Å²) in [6.45, 7) is 5.37. The van der Waals surface area contributed by atoms with Crippen molar-refractivity contribution in [3.05, 3.63) is 23.8 Å². The van der Waals surface area contributed by atoms with E-state index < -0.39 is 0 Å². The second-order valence-corrected chi connectivity index (χ2v) is 5.94. The van der Waals surface area contributed by atoms with Crippen LogP contribution in [0.4, 0.5) is 11.4 Å². The number of carbonyl (C=O) groups excluding carboxylic acids is 1. The average Bonchev–Trinajstić information content (AvgIpc) is 2.96. The Balaban J connectivity index is 2.07. The molecular weight excluding hydrogens is 264 g/mol. The summed E-state index contributed by atoms with van der Waals surface area (Å²) < 4.78 is 5.04. The maximum Gasteiger partial charge on any atom is 0.340 e. The van der Waals surface area contributed by atoms with Crippen LogP contribution < -0.4 is 11.1 Å². The van der Waals surface area contributed by atoms with E-state index in [1.165, 1.54) is 32.1 Å². The number of hydrogen-bond donors (Lipinski definition) is 2. The van der Waals surface area contributed by atoms with Crippen LogP contribution in [0.1, 0.15) is 56.3 Å². The Morgan fingerprint density at radius 2 is 2.05 bits per heavy atom. The Labute approximate surface area is 127 Å². The minimum atomic E-state index is -0.357. The van der Waals surface area contributed by atoms with Crippen molar-refractivity contribution < 1.29 is 9.53 Å². The van der Waals surface area contributed by atoms with Gasteiger partial charge in [-0.1, -0.05) is 19.8 Å².